The van der Waals surface area contributed by atoms with Gasteiger partial charge in [0, 0.05) is 26.6 Å². The third-order valence-electron chi connectivity index (χ3n) is 3.57. The molecule has 2 rings (SSSR count). The Balaban J connectivity index is 2.05. The molecule has 0 radical (unpaired) electrons. The van der Waals surface area contributed by atoms with Crippen molar-refractivity contribution in [3.05, 3.63) is 40.9 Å². The Labute approximate surface area is 124 Å². The number of amides is 1. The van der Waals surface area contributed by atoms with Crippen LogP contribution in [0, 0.1) is 0 Å². The number of para-hydroxylation sites is 1. The van der Waals surface area contributed by atoms with E-state index in [2.05, 4.69) is 11.9 Å². The monoisotopic (exact) mass is 287 g/mol. The summed E-state index contributed by atoms with van der Waals surface area (Å²) in [6, 6.07) is 7.24. The van der Waals surface area contributed by atoms with Gasteiger partial charge in [-0.3, -0.25) is 14.2 Å². The molecular weight excluding hydrogens is 266 g/mol. The Morgan fingerprint density at radius 3 is 2.86 bits per heavy atom. The van der Waals surface area contributed by atoms with Crippen LogP contribution in [0.1, 0.15) is 26.2 Å². The van der Waals surface area contributed by atoms with Crippen molar-refractivity contribution in [2.45, 2.75) is 32.7 Å². The first-order chi connectivity index (χ1) is 10.1. The highest BCUT2D eigenvalue weighted by atomic mass is 16.2. The molecule has 0 fully saturated rings. The van der Waals surface area contributed by atoms with Crippen LogP contribution in [0.25, 0.3) is 10.9 Å². The Morgan fingerprint density at radius 2 is 2.10 bits per heavy atom. The number of nitrogens with zero attached hydrogens (tertiary/aromatic N) is 3. The molecule has 0 spiro atoms. The predicted molar refractivity (Wildman–Crippen MR) is 83.2 cm³/mol. The van der Waals surface area contributed by atoms with Gasteiger partial charge in [-0.25, -0.2) is 4.98 Å². The van der Waals surface area contributed by atoms with E-state index in [1.54, 1.807) is 18.0 Å². The zero-order chi connectivity index (χ0) is 15.2. The number of hydrogen-bond acceptors (Lipinski definition) is 3. The van der Waals surface area contributed by atoms with E-state index in [0.29, 0.717) is 23.9 Å². The van der Waals surface area contributed by atoms with Crippen molar-refractivity contribution in [2.75, 3.05) is 13.6 Å². The maximum atomic E-state index is 12.3. The molecule has 1 aromatic heterocycles. The Kier molecular flexibility index (Phi) is 5.09. The molecule has 0 atom stereocenters. The molecule has 0 N–H and O–H groups in total. The summed E-state index contributed by atoms with van der Waals surface area (Å²) in [6.07, 6.45) is 3.90. The minimum Gasteiger partial charge on any atom is -0.346 e. The van der Waals surface area contributed by atoms with Crippen LogP contribution >= 0.6 is 0 Å². The van der Waals surface area contributed by atoms with Gasteiger partial charge in [0.2, 0.25) is 5.91 Å². The van der Waals surface area contributed by atoms with Gasteiger partial charge in [-0.2, -0.15) is 0 Å². The van der Waals surface area contributed by atoms with E-state index >= 15 is 0 Å². The molecule has 0 saturated heterocycles. The fourth-order valence-electron chi connectivity index (χ4n) is 2.19. The van der Waals surface area contributed by atoms with Crippen LogP contribution < -0.4 is 5.56 Å². The average molecular weight is 287 g/mol. The van der Waals surface area contributed by atoms with Gasteiger partial charge in [-0.05, 0) is 18.6 Å². The SMILES string of the molecule is CCCCN(C)C(=O)CCn1cnc2ccccc2c1=O. The molecular formula is C16H21N3O2. The standard InChI is InChI=1S/C16H21N3O2/c1-3-4-10-18(2)15(20)9-11-19-12-17-14-8-6-5-7-13(14)16(19)21/h5-8,12H,3-4,9-11H2,1-2H3. The molecule has 1 amide bonds. The van der Waals surface area contributed by atoms with Crippen molar-refractivity contribution in [1.82, 2.24) is 14.5 Å². The second-order valence-electron chi connectivity index (χ2n) is 5.18. The Bertz CT molecular complexity index is 679. The van der Waals surface area contributed by atoms with Crippen molar-refractivity contribution >= 4 is 16.8 Å². The zero-order valence-corrected chi connectivity index (χ0v) is 12.6. The van der Waals surface area contributed by atoms with Gasteiger partial charge in [0.05, 0.1) is 17.2 Å². The minimum atomic E-state index is -0.0930. The number of carbonyl (C=O) groups excluding carboxylic acids is 1. The van der Waals surface area contributed by atoms with Crippen LogP contribution in [0.4, 0.5) is 0 Å². The molecule has 2 aromatic rings. The van der Waals surface area contributed by atoms with Gasteiger partial charge in [0.15, 0.2) is 0 Å². The molecule has 112 valence electrons. The molecule has 0 unspecified atom stereocenters. The summed E-state index contributed by atoms with van der Waals surface area (Å²) < 4.78 is 1.51. The first-order valence-electron chi connectivity index (χ1n) is 7.31. The Hall–Kier alpha value is -2.17. The maximum absolute atomic E-state index is 12.3. The van der Waals surface area contributed by atoms with E-state index < -0.39 is 0 Å². The fourth-order valence-corrected chi connectivity index (χ4v) is 2.19. The van der Waals surface area contributed by atoms with Crippen LogP contribution in [0.3, 0.4) is 0 Å². The lowest BCUT2D eigenvalue weighted by Crippen LogP contribution is -2.30. The fraction of sp³-hybridized carbons (Fsp3) is 0.438. The van der Waals surface area contributed by atoms with E-state index in [-0.39, 0.29) is 11.5 Å². The van der Waals surface area contributed by atoms with Crippen LogP contribution in [-0.4, -0.2) is 34.0 Å². The third-order valence-corrected chi connectivity index (χ3v) is 3.57. The predicted octanol–water partition coefficient (Wildman–Crippen LogP) is 2.05. The van der Waals surface area contributed by atoms with Crippen LogP contribution in [0.5, 0.6) is 0 Å². The number of fused-ring (bicyclic) bond motifs is 1. The lowest BCUT2D eigenvalue weighted by molar-refractivity contribution is -0.130. The van der Waals surface area contributed by atoms with Crippen molar-refractivity contribution in [2.24, 2.45) is 0 Å². The van der Waals surface area contributed by atoms with Crippen molar-refractivity contribution < 1.29 is 4.79 Å². The second-order valence-corrected chi connectivity index (χ2v) is 5.18. The smallest absolute Gasteiger partial charge is 0.261 e. The van der Waals surface area contributed by atoms with Crippen molar-refractivity contribution in [3.63, 3.8) is 0 Å². The van der Waals surface area contributed by atoms with E-state index in [1.807, 2.05) is 18.2 Å². The van der Waals surface area contributed by atoms with E-state index in [1.165, 1.54) is 10.9 Å². The molecule has 21 heavy (non-hydrogen) atoms. The van der Waals surface area contributed by atoms with Crippen molar-refractivity contribution in [1.29, 1.82) is 0 Å². The summed E-state index contributed by atoms with van der Waals surface area (Å²) >= 11 is 0. The molecule has 5 nitrogen and oxygen atoms in total. The number of aryl methyl sites for hydroxylation is 1. The largest absolute Gasteiger partial charge is 0.346 e. The molecule has 0 aliphatic rings. The lowest BCUT2D eigenvalue weighted by atomic mass is 10.2. The van der Waals surface area contributed by atoms with Gasteiger partial charge in [-0.1, -0.05) is 25.5 Å². The number of benzene rings is 1. The first-order valence-corrected chi connectivity index (χ1v) is 7.31. The quantitative estimate of drug-likeness (QED) is 0.817. The number of rotatable bonds is 6. The highest BCUT2D eigenvalue weighted by molar-refractivity contribution is 5.77. The number of unbranched alkanes of at least 4 members (excludes halogenated alkanes) is 1. The Morgan fingerprint density at radius 1 is 1.33 bits per heavy atom. The second kappa shape index (κ2) is 7.02. The van der Waals surface area contributed by atoms with E-state index in [4.69, 9.17) is 0 Å². The molecule has 1 aromatic carbocycles. The van der Waals surface area contributed by atoms with Crippen molar-refractivity contribution in [3.8, 4) is 0 Å². The lowest BCUT2D eigenvalue weighted by Gasteiger charge is -2.16. The van der Waals surface area contributed by atoms with Gasteiger partial charge < -0.3 is 4.90 Å². The number of aromatic nitrogens is 2. The number of carbonyl (C=O) groups is 1. The van der Waals surface area contributed by atoms with Gasteiger partial charge in [0.1, 0.15) is 0 Å². The minimum absolute atomic E-state index is 0.0588. The molecule has 1 heterocycles. The summed E-state index contributed by atoms with van der Waals surface area (Å²) in [5, 5.41) is 0.590. The summed E-state index contributed by atoms with van der Waals surface area (Å²) in [4.78, 5) is 30.2. The van der Waals surface area contributed by atoms with E-state index in [9.17, 15) is 9.59 Å². The van der Waals surface area contributed by atoms with Crippen LogP contribution in [0.15, 0.2) is 35.4 Å². The van der Waals surface area contributed by atoms with E-state index in [0.717, 1.165) is 19.4 Å². The summed E-state index contributed by atoms with van der Waals surface area (Å²) in [5.74, 6) is 0.0588. The summed E-state index contributed by atoms with van der Waals surface area (Å²) in [6.45, 7) is 3.23. The maximum Gasteiger partial charge on any atom is 0.261 e. The van der Waals surface area contributed by atoms with Gasteiger partial charge in [-0.15, -0.1) is 0 Å². The topological polar surface area (TPSA) is 55.2 Å². The first kappa shape index (κ1) is 15.2. The summed E-state index contributed by atoms with van der Waals surface area (Å²) in [7, 11) is 1.80. The highest BCUT2D eigenvalue weighted by Gasteiger charge is 2.09. The van der Waals surface area contributed by atoms with Gasteiger partial charge >= 0.3 is 0 Å². The average Bonchev–Trinajstić information content (AvgIpc) is 2.52. The molecule has 0 saturated carbocycles. The molecule has 0 aliphatic carbocycles. The number of hydrogen-bond donors (Lipinski definition) is 0. The highest BCUT2D eigenvalue weighted by Crippen LogP contribution is 2.05. The summed E-state index contributed by atoms with van der Waals surface area (Å²) in [5.41, 5.74) is 0.592. The molecule has 0 bridgehead atoms. The molecule has 5 heteroatoms. The normalized spacial score (nSPS) is 10.8. The van der Waals surface area contributed by atoms with Crippen LogP contribution in [0.2, 0.25) is 0 Å². The molecule has 0 aliphatic heterocycles. The zero-order valence-electron chi connectivity index (χ0n) is 12.6. The van der Waals surface area contributed by atoms with Crippen LogP contribution in [-0.2, 0) is 11.3 Å². The third kappa shape index (κ3) is 3.68. The van der Waals surface area contributed by atoms with Gasteiger partial charge in [0.25, 0.3) is 5.56 Å².